The molecule has 1 N–H and O–H groups in total. The van der Waals surface area contributed by atoms with Crippen LogP contribution in [0.1, 0.15) is 45.0 Å². The number of benzene rings is 2. The second kappa shape index (κ2) is 11.8. The van der Waals surface area contributed by atoms with Crippen LogP contribution in [0.15, 0.2) is 69.6 Å². The van der Waals surface area contributed by atoms with E-state index in [4.69, 9.17) is 9.47 Å². The van der Waals surface area contributed by atoms with Gasteiger partial charge in [-0.2, -0.15) is 13.0 Å². The first-order valence-electron chi connectivity index (χ1n) is 13.7. The molecule has 0 saturated carbocycles. The summed E-state index contributed by atoms with van der Waals surface area (Å²) >= 11 is 3.46. The molecule has 1 aromatic heterocycles. The molecular formula is C31H37N2O5S3+. The summed E-state index contributed by atoms with van der Waals surface area (Å²) in [5.74, 6) is 1.20. The number of para-hydroxylation sites is 1. The second-order valence-corrected chi connectivity index (χ2v) is 14.9. The largest absolute Gasteiger partial charge is 0.493 e. The highest BCUT2D eigenvalue weighted by molar-refractivity contribution is 8.03. The quantitative estimate of drug-likeness (QED) is 0.204. The summed E-state index contributed by atoms with van der Waals surface area (Å²) in [5.41, 5.74) is 4.81. The van der Waals surface area contributed by atoms with Crippen molar-refractivity contribution in [2.75, 3.05) is 31.4 Å². The van der Waals surface area contributed by atoms with Gasteiger partial charge >= 0.3 is 0 Å². The average Bonchev–Trinajstić information content (AvgIpc) is 3.42. The number of rotatable bonds is 9. The van der Waals surface area contributed by atoms with Gasteiger partial charge in [-0.15, -0.1) is 0 Å². The molecule has 3 aromatic rings. The van der Waals surface area contributed by atoms with E-state index in [-0.39, 0.29) is 11.2 Å². The highest BCUT2D eigenvalue weighted by Gasteiger charge is 2.30. The molecule has 218 valence electrons. The molecule has 1 aliphatic heterocycles. The van der Waals surface area contributed by atoms with Crippen molar-refractivity contribution in [3.8, 4) is 11.5 Å². The van der Waals surface area contributed by atoms with Crippen molar-refractivity contribution in [1.29, 1.82) is 0 Å². The molecule has 7 nitrogen and oxygen atoms in total. The Bertz CT molecular complexity index is 1670. The molecule has 2 aliphatic rings. The first kappa shape index (κ1) is 29.7. The lowest BCUT2D eigenvalue weighted by Crippen LogP contribution is -2.36. The van der Waals surface area contributed by atoms with E-state index in [0.29, 0.717) is 13.0 Å². The molecule has 10 heteroatoms. The second-order valence-electron chi connectivity index (χ2n) is 11.2. The number of aryl methyl sites for hydroxylation is 1. The normalized spacial score (nSPS) is 18.7. The van der Waals surface area contributed by atoms with Crippen LogP contribution in [-0.2, 0) is 16.7 Å². The molecule has 0 radical (unpaired) electrons. The van der Waals surface area contributed by atoms with Crippen LogP contribution in [0.4, 0.5) is 5.69 Å². The highest BCUT2D eigenvalue weighted by atomic mass is 32.2. The zero-order valence-electron chi connectivity index (χ0n) is 24.1. The lowest BCUT2D eigenvalue weighted by Gasteiger charge is -2.31. The lowest BCUT2D eigenvalue weighted by molar-refractivity contribution is -0.668. The number of thioether (sulfide) groups is 1. The Kier molecular flexibility index (Phi) is 8.57. The summed E-state index contributed by atoms with van der Waals surface area (Å²) in [7, 11) is -0.675. The lowest BCUT2D eigenvalue weighted by atomic mass is 9.75. The van der Waals surface area contributed by atoms with Gasteiger partial charge in [-0.25, -0.2) is 0 Å². The van der Waals surface area contributed by atoms with Crippen molar-refractivity contribution in [2.45, 2.75) is 51.5 Å². The summed E-state index contributed by atoms with van der Waals surface area (Å²) in [5, 5.41) is 2.26. The molecule has 0 unspecified atom stereocenters. The first-order valence-corrected chi connectivity index (χ1v) is 17.0. The summed E-state index contributed by atoms with van der Waals surface area (Å²) in [6.45, 7) is 8.13. The van der Waals surface area contributed by atoms with Crippen molar-refractivity contribution in [3.05, 3.63) is 69.7 Å². The molecule has 0 fully saturated rings. The van der Waals surface area contributed by atoms with Crippen molar-refractivity contribution in [1.82, 2.24) is 0 Å². The van der Waals surface area contributed by atoms with Crippen molar-refractivity contribution < 1.29 is 27.0 Å². The molecule has 1 aliphatic carbocycles. The Hall–Kier alpha value is -2.79. The third-order valence-electron chi connectivity index (χ3n) is 7.33. The van der Waals surface area contributed by atoms with Gasteiger partial charge in [-0.3, -0.25) is 4.55 Å². The molecule has 0 spiro atoms. The summed E-state index contributed by atoms with van der Waals surface area (Å²) in [6.07, 6.45) is 9.13. The molecule has 0 amide bonds. The number of aromatic nitrogens is 1. The maximum Gasteiger partial charge on any atom is 0.265 e. The fourth-order valence-electron chi connectivity index (χ4n) is 5.67. The van der Waals surface area contributed by atoms with Gasteiger partial charge in [0.05, 0.1) is 30.7 Å². The predicted octanol–water partition coefficient (Wildman–Crippen LogP) is 7.09. The fourth-order valence-corrected chi connectivity index (χ4v) is 8.54. The van der Waals surface area contributed by atoms with Gasteiger partial charge in [0.25, 0.3) is 15.1 Å². The van der Waals surface area contributed by atoms with E-state index in [2.05, 4.69) is 72.7 Å². The van der Waals surface area contributed by atoms with Crippen LogP contribution < -0.4 is 18.9 Å². The summed E-state index contributed by atoms with van der Waals surface area (Å²) < 4.78 is 46.4. The smallest absolute Gasteiger partial charge is 0.265 e. The van der Waals surface area contributed by atoms with Crippen molar-refractivity contribution in [3.63, 3.8) is 0 Å². The Labute approximate surface area is 250 Å². The molecule has 2 aromatic carbocycles. The van der Waals surface area contributed by atoms with Crippen LogP contribution in [0.5, 0.6) is 11.5 Å². The van der Waals surface area contributed by atoms with Gasteiger partial charge in [-0.05, 0) is 48.5 Å². The maximum absolute atomic E-state index is 11.4. The van der Waals surface area contributed by atoms with Gasteiger partial charge in [0.2, 0.25) is 5.52 Å². The number of anilines is 1. The van der Waals surface area contributed by atoms with E-state index in [9.17, 15) is 13.0 Å². The Morgan fingerprint density at radius 3 is 2.54 bits per heavy atom. The monoisotopic (exact) mass is 613 g/mol. The van der Waals surface area contributed by atoms with E-state index in [1.54, 1.807) is 37.3 Å². The van der Waals surface area contributed by atoms with E-state index < -0.39 is 10.1 Å². The summed E-state index contributed by atoms with van der Waals surface area (Å²) in [6, 6.07) is 12.3. The molecular weight excluding hydrogens is 577 g/mol. The maximum atomic E-state index is 11.4. The zero-order valence-corrected chi connectivity index (χ0v) is 26.6. The Morgan fingerprint density at radius 1 is 1.10 bits per heavy atom. The average molecular weight is 614 g/mol. The number of nitrogens with zero attached hydrogens (tertiary/aromatic N) is 2. The van der Waals surface area contributed by atoms with Crippen LogP contribution >= 0.6 is 23.1 Å². The predicted molar refractivity (Wildman–Crippen MR) is 169 cm³/mol. The van der Waals surface area contributed by atoms with Gasteiger partial charge in [-0.1, -0.05) is 55.2 Å². The minimum absolute atomic E-state index is 0.0824. The van der Waals surface area contributed by atoms with E-state index in [1.807, 2.05) is 12.1 Å². The molecule has 2 heterocycles. The van der Waals surface area contributed by atoms with Gasteiger partial charge < -0.3 is 14.4 Å². The Morgan fingerprint density at radius 2 is 1.83 bits per heavy atom. The minimum atomic E-state index is -4.00. The zero-order chi connectivity index (χ0) is 29.4. The topological polar surface area (TPSA) is 80.0 Å². The van der Waals surface area contributed by atoms with E-state index in [0.717, 1.165) is 56.7 Å². The van der Waals surface area contributed by atoms with Gasteiger partial charge in [0, 0.05) is 42.1 Å². The Balaban J connectivity index is 1.51. The highest BCUT2D eigenvalue weighted by Crippen LogP contribution is 2.51. The third kappa shape index (κ3) is 6.66. The molecule has 0 saturated heterocycles. The van der Waals surface area contributed by atoms with Crippen molar-refractivity contribution in [2.24, 2.45) is 5.41 Å². The molecule has 41 heavy (non-hydrogen) atoms. The molecule has 0 bridgehead atoms. The third-order valence-corrected chi connectivity index (χ3v) is 10.3. The fraction of sp³-hybridized carbons (Fsp3) is 0.387. The molecule has 0 atom stereocenters. The van der Waals surface area contributed by atoms with Crippen LogP contribution in [0.2, 0.25) is 0 Å². The number of hydrogen-bond acceptors (Lipinski definition) is 7. The van der Waals surface area contributed by atoms with Crippen LogP contribution in [-0.4, -0.2) is 39.5 Å². The SMILES string of the molecule is CCN1C(=CC2=CC(=Cc3sc4ccccc4[n+]3CCCS(=O)(=O)O)CC(C)(C)C2)Sc2cc(OC)c(OC)cc21. The first-order chi connectivity index (χ1) is 19.5. The van der Waals surface area contributed by atoms with E-state index in [1.165, 1.54) is 16.2 Å². The molecule has 5 rings (SSSR count). The minimum Gasteiger partial charge on any atom is -0.493 e. The number of fused-ring (bicyclic) bond motifs is 2. The van der Waals surface area contributed by atoms with Gasteiger partial charge in [0.15, 0.2) is 18.0 Å². The van der Waals surface area contributed by atoms with E-state index >= 15 is 0 Å². The standard InChI is InChI=1S/C31H36N2O5S3/c1-6-32-24-17-25(37-4)26(38-5)18-28(24)40-29(32)15-21-14-22(20-31(2,3)19-21)16-30-33(12-9-13-41(34,35)36)23-10-7-8-11-27(23)39-30/h7-8,10-11,14-18H,6,9,12-13,19-20H2,1-5H3/p+1. The van der Waals surface area contributed by atoms with Crippen LogP contribution in [0.3, 0.4) is 0 Å². The van der Waals surface area contributed by atoms with Crippen molar-refractivity contribution >= 4 is 55.2 Å². The summed E-state index contributed by atoms with van der Waals surface area (Å²) in [4.78, 5) is 3.47. The number of thiazole rings is 1. The number of methoxy groups -OCH3 is 2. The number of allylic oxidation sites excluding steroid dienone is 4. The number of ether oxygens (including phenoxy) is 2. The number of hydrogen-bond donors (Lipinski definition) is 1. The van der Waals surface area contributed by atoms with Gasteiger partial charge in [0.1, 0.15) is 4.70 Å². The van der Waals surface area contributed by atoms with Crippen LogP contribution in [0.25, 0.3) is 16.3 Å². The van der Waals surface area contributed by atoms with Crippen LogP contribution in [0, 0.1) is 5.41 Å².